The molecule has 1 amide bonds. The van der Waals surface area contributed by atoms with E-state index in [9.17, 15) is 4.79 Å². The number of nitrogens with one attached hydrogen (secondary N) is 1. The average molecular weight is 286 g/mol. The lowest BCUT2D eigenvalue weighted by atomic mass is 9.86. The van der Waals surface area contributed by atoms with Crippen LogP contribution in [0, 0.1) is 5.92 Å². The number of amides is 1. The summed E-state index contributed by atoms with van der Waals surface area (Å²) in [6.45, 7) is 4.41. The van der Waals surface area contributed by atoms with Crippen molar-refractivity contribution in [3.8, 4) is 0 Å². The highest BCUT2D eigenvalue weighted by atomic mass is 16.2. The third kappa shape index (κ3) is 2.84. The highest BCUT2D eigenvalue weighted by Gasteiger charge is 2.42. The number of benzene rings is 1. The molecule has 3 heteroatoms. The van der Waals surface area contributed by atoms with Crippen molar-refractivity contribution < 1.29 is 4.79 Å². The van der Waals surface area contributed by atoms with Gasteiger partial charge in [-0.1, -0.05) is 44.2 Å². The van der Waals surface area contributed by atoms with Crippen LogP contribution in [0.15, 0.2) is 30.3 Å². The van der Waals surface area contributed by atoms with E-state index < -0.39 is 0 Å². The zero-order valence-corrected chi connectivity index (χ0v) is 13.1. The second kappa shape index (κ2) is 6.18. The average Bonchev–Trinajstić information content (AvgIpc) is 2.86. The minimum Gasteiger partial charge on any atom is -0.319 e. The summed E-state index contributed by atoms with van der Waals surface area (Å²) in [6.07, 6.45) is 5.70. The van der Waals surface area contributed by atoms with Gasteiger partial charge in [-0.2, -0.15) is 0 Å². The molecule has 114 valence electrons. The van der Waals surface area contributed by atoms with E-state index >= 15 is 0 Å². The number of carbonyl (C=O) groups is 1. The van der Waals surface area contributed by atoms with Crippen molar-refractivity contribution in [1.29, 1.82) is 0 Å². The van der Waals surface area contributed by atoms with Crippen LogP contribution in [0.5, 0.6) is 0 Å². The van der Waals surface area contributed by atoms with Gasteiger partial charge in [0, 0.05) is 6.04 Å². The first-order chi connectivity index (χ1) is 10.2. The largest absolute Gasteiger partial charge is 0.319 e. The molecule has 2 unspecified atom stereocenters. The van der Waals surface area contributed by atoms with Crippen LogP contribution >= 0.6 is 0 Å². The molecule has 1 aromatic carbocycles. The van der Waals surface area contributed by atoms with Gasteiger partial charge in [-0.15, -0.1) is 0 Å². The summed E-state index contributed by atoms with van der Waals surface area (Å²) >= 11 is 0. The Labute approximate surface area is 127 Å². The lowest BCUT2D eigenvalue weighted by Gasteiger charge is -2.37. The molecule has 1 aliphatic heterocycles. The molecule has 1 saturated heterocycles. The van der Waals surface area contributed by atoms with Crippen LogP contribution in [0.1, 0.15) is 57.7 Å². The highest BCUT2D eigenvalue weighted by molar-refractivity contribution is 5.84. The number of hydrogen-bond acceptors (Lipinski definition) is 2. The summed E-state index contributed by atoms with van der Waals surface area (Å²) in [7, 11) is 0. The molecule has 2 atom stereocenters. The van der Waals surface area contributed by atoms with Gasteiger partial charge >= 0.3 is 0 Å². The van der Waals surface area contributed by atoms with Gasteiger partial charge in [0.25, 0.3) is 0 Å². The van der Waals surface area contributed by atoms with E-state index in [0.29, 0.717) is 11.9 Å². The fraction of sp³-hybridized carbons (Fsp3) is 0.611. The van der Waals surface area contributed by atoms with Crippen LogP contribution in [0.3, 0.4) is 0 Å². The van der Waals surface area contributed by atoms with Gasteiger partial charge in [0.2, 0.25) is 5.91 Å². The molecule has 1 heterocycles. The molecule has 0 spiro atoms. The van der Waals surface area contributed by atoms with E-state index in [1.165, 1.54) is 18.4 Å². The van der Waals surface area contributed by atoms with E-state index in [-0.39, 0.29) is 12.2 Å². The number of nitrogens with zero attached hydrogens (tertiary/aromatic N) is 1. The van der Waals surface area contributed by atoms with Gasteiger partial charge in [0.15, 0.2) is 0 Å². The zero-order chi connectivity index (χ0) is 14.8. The minimum absolute atomic E-state index is 0.0189. The summed E-state index contributed by atoms with van der Waals surface area (Å²) in [5.41, 5.74) is 1.21. The molecule has 2 aliphatic rings. The van der Waals surface area contributed by atoms with Crippen molar-refractivity contribution in [3.63, 3.8) is 0 Å². The third-order valence-electron chi connectivity index (χ3n) is 5.09. The molecule has 2 fully saturated rings. The van der Waals surface area contributed by atoms with Crippen molar-refractivity contribution in [1.82, 2.24) is 10.2 Å². The first-order valence-electron chi connectivity index (χ1n) is 8.34. The van der Waals surface area contributed by atoms with Gasteiger partial charge in [0.1, 0.15) is 6.17 Å². The molecular formula is C18H26N2O. The fourth-order valence-electron chi connectivity index (χ4n) is 3.75. The van der Waals surface area contributed by atoms with E-state index in [0.717, 1.165) is 25.2 Å². The predicted octanol–water partition coefficient (Wildman–Crippen LogP) is 3.47. The molecular weight excluding hydrogens is 260 g/mol. The Balaban J connectivity index is 1.85. The van der Waals surface area contributed by atoms with E-state index in [4.69, 9.17) is 0 Å². The summed E-state index contributed by atoms with van der Waals surface area (Å²) < 4.78 is 0. The van der Waals surface area contributed by atoms with Gasteiger partial charge in [-0.25, -0.2) is 0 Å². The maximum absolute atomic E-state index is 12.8. The molecule has 21 heavy (non-hydrogen) atoms. The van der Waals surface area contributed by atoms with Crippen molar-refractivity contribution in [2.75, 3.05) is 0 Å². The summed E-state index contributed by atoms with van der Waals surface area (Å²) in [5.74, 6) is 1.11. The quantitative estimate of drug-likeness (QED) is 0.922. The van der Waals surface area contributed by atoms with Gasteiger partial charge in [-0.05, 0) is 43.6 Å². The number of hydrogen-bond donors (Lipinski definition) is 1. The molecule has 0 aromatic heterocycles. The van der Waals surface area contributed by atoms with Crippen LogP contribution in [-0.4, -0.2) is 22.9 Å². The van der Waals surface area contributed by atoms with E-state index in [2.05, 4.69) is 48.3 Å². The lowest BCUT2D eigenvalue weighted by Crippen LogP contribution is -2.42. The SMILES string of the molecule is CCC1NC(c2ccccc2)N(C2CCC(C)CC2)C1=O. The maximum Gasteiger partial charge on any atom is 0.241 e. The fourth-order valence-corrected chi connectivity index (χ4v) is 3.75. The van der Waals surface area contributed by atoms with Crippen molar-refractivity contribution in [2.45, 2.75) is 64.2 Å². The lowest BCUT2D eigenvalue weighted by molar-refractivity contribution is -0.133. The highest BCUT2D eigenvalue weighted by Crippen LogP contribution is 2.35. The van der Waals surface area contributed by atoms with Crippen LogP contribution in [-0.2, 0) is 4.79 Å². The van der Waals surface area contributed by atoms with Crippen LogP contribution in [0.4, 0.5) is 0 Å². The number of carbonyl (C=O) groups excluding carboxylic acids is 1. The second-order valence-electron chi connectivity index (χ2n) is 6.60. The topological polar surface area (TPSA) is 32.3 Å². The Kier molecular flexibility index (Phi) is 4.29. The van der Waals surface area contributed by atoms with E-state index in [1.54, 1.807) is 0 Å². The Bertz CT molecular complexity index is 479. The van der Waals surface area contributed by atoms with Gasteiger partial charge in [-0.3, -0.25) is 10.1 Å². The standard InChI is InChI=1S/C18H26N2O/c1-3-16-18(21)20(15-11-9-13(2)10-12-15)17(19-16)14-7-5-4-6-8-14/h4-8,13,15-17,19H,3,9-12H2,1-2H3. The Morgan fingerprint density at radius 2 is 1.81 bits per heavy atom. The summed E-state index contributed by atoms with van der Waals surface area (Å²) in [4.78, 5) is 14.9. The van der Waals surface area contributed by atoms with Crippen molar-refractivity contribution in [3.05, 3.63) is 35.9 Å². The number of rotatable bonds is 3. The second-order valence-corrected chi connectivity index (χ2v) is 6.60. The Morgan fingerprint density at radius 3 is 2.43 bits per heavy atom. The first kappa shape index (κ1) is 14.6. The molecule has 0 radical (unpaired) electrons. The summed E-state index contributed by atoms with van der Waals surface area (Å²) in [5, 5.41) is 3.54. The molecule has 3 rings (SSSR count). The monoisotopic (exact) mass is 286 g/mol. The molecule has 3 nitrogen and oxygen atoms in total. The normalized spacial score (nSPS) is 33.4. The molecule has 0 bridgehead atoms. The maximum atomic E-state index is 12.8. The summed E-state index contributed by atoms with van der Waals surface area (Å²) in [6, 6.07) is 10.8. The molecule has 1 aliphatic carbocycles. The van der Waals surface area contributed by atoms with Gasteiger partial charge in [0.05, 0.1) is 6.04 Å². The van der Waals surface area contributed by atoms with Crippen molar-refractivity contribution in [2.24, 2.45) is 5.92 Å². The Hall–Kier alpha value is -1.35. The Morgan fingerprint density at radius 1 is 1.14 bits per heavy atom. The van der Waals surface area contributed by atoms with Crippen LogP contribution in [0.2, 0.25) is 0 Å². The zero-order valence-electron chi connectivity index (χ0n) is 13.1. The third-order valence-corrected chi connectivity index (χ3v) is 5.09. The van der Waals surface area contributed by atoms with Gasteiger partial charge < -0.3 is 4.90 Å². The molecule has 1 aromatic rings. The smallest absolute Gasteiger partial charge is 0.241 e. The van der Waals surface area contributed by atoms with Crippen molar-refractivity contribution >= 4 is 5.91 Å². The molecule has 1 N–H and O–H groups in total. The minimum atomic E-state index is -0.0189. The predicted molar refractivity (Wildman–Crippen MR) is 84.7 cm³/mol. The van der Waals surface area contributed by atoms with Crippen LogP contribution in [0.25, 0.3) is 0 Å². The molecule has 1 saturated carbocycles. The van der Waals surface area contributed by atoms with E-state index in [1.807, 2.05) is 6.07 Å². The van der Waals surface area contributed by atoms with Crippen LogP contribution < -0.4 is 5.32 Å². The first-order valence-corrected chi connectivity index (χ1v) is 8.34.